The summed E-state index contributed by atoms with van der Waals surface area (Å²) in [7, 11) is 1.31. The van der Waals surface area contributed by atoms with Crippen LogP contribution in [-0.4, -0.2) is 35.7 Å². The molecule has 6 heteroatoms. The summed E-state index contributed by atoms with van der Waals surface area (Å²) in [5, 5.41) is 8.36. The van der Waals surface area contributed by atoms with Gasteiger partial charge in [-0.1, -0.05) is 60.7 Å². The molecule has 0 aliphatic heterocycles. The van der Waals surface area contributed by atoms with Gasteiger partial charge in [0.1, 0.15) is 0 Å². The van der Waals surface area contributed by atoms with Gasteiger partial charge < -0.3 is 9.84 Å². The van der Waals surface area contributed by atoms with Crippen LogP contribution in [0.2, 0.25) is 0 Å². The molecule has 0 heterocycles. The zero-order valence-corrected chi connectivity index (χ0v) is 15.1. The van der Waals surface area contributed by atoms with Gasteiger partial charge in [-0.15, -0.1) is 0 Å². The molecule has 0 unspecified atom stereocenters. The fourth-order valence-electron chi connectivity index (χ4n) is 2.07. The van der Waals surface area contributed by atoms with E-state index >= 15 is 0 Å². The monoisotopic (exact) mass is 370 g/mol. The van der Waals surface area contributed by atoms with Gasteiger partial charge in [0, 0.05) is 24.0 Å². The van der Waals surface area contributed by atoms with E-state index in [1.807, 2.05) is 12.1 Å². The molecule has 0 bridgehead atoms. The molecule has 0 aliphatic carbocycles. The zero-order valence-electron chi connectivity index (χ0n) is 15.1. The molecule has 0 atom stereocenters. The Labute approximate surface area is 157 Å². The average Bonchev–Trinajstić information content (AvgIpc) is 2.71. The first-order valence-corrected chi connectivity index (χ1v) is 8.39. The molecule has 27 heavy (non-hydrogen) atoms. The maximum absolute atomic E-state index is 11.5. The van der Waals surface area contributed by atoms with E-state index in [-0.39, 0.29) is 43.2 Å². The van der Waals surface area contributed by atoms with Gasteiger partial charge in [-0.25, -0.2) is 0 Å². The van der Waals surface area contributed by atoms with Gasteiger partial charge in [0.2, 0.25) is 0 Å². The lowest BCUT2D eigenvalue weighted by molar-refractivity contribution is -0.140. The van der Waals surface area contributed by atoms with Crippen molar-refractivity contribution in [3.8, 4) is 0 Å². The number of aliphatic carboxylic acids is 1. The molecule has 0 fully saturated rings. The fraction of sp³-hybridized carbons (Fsp3) is 0.238. The summed E-state index contributed by atoms with van der Waals surface area (Å²) in [4.78, 5) is 43.7. The van der Waals surface area contributed by atoms with Crippen molar-refractivity contribution in [1.29, 1.82) is 0 Å². The summed E-state index contributed by atoms with van der Waals surface area (Å²) in [6, 6.07) is 17.6. The summed E-state index contributed by atoms with van der Waals surface area (Å²) in [6.45, 7) is 0. The number of benzene rings is 2. The maximum atomic E-state index is 11.5. The number of hydrogen-bond acceptors (Lipinski definition) is 5. The van der Waals surface area contributed by atoms with E-state index in [1.165, 1.54) is 7.11 Å². The lowest BCUT2D eigenvalue weighted by Crippen LogP contribution is -2.05. The second kappa shape index (κ2) is 12.1. The van der Waals surface area contributed by atoms with Crippen molar-refractivity contribution in [2.45, 2.75) is 25.7 Å². The number of esters is 1. The summed E-state index contributed by atoms with van der Waals surface area (Å²) in [6.07, 6.45) is 0.313. The molecule has 0 saturated heterocycles. The van der Waals surface area contributed by atoms with Crippen LogP contribution in [0.25, 0.3) is 0 Å². The minimum absolute atomic E-state index is 0.0315. The highest BCUT2D eigenvalue weighted by atomic mass is 16.5. The smallest absolute Gasteiger partial charge is 0.305 e. The Morgan fingerprint density at radius 1 is 0.704 bits per heavy atom. The number of carbonyl (C=O) groups is 4. The van der Waals surface area contributed by atoms with Crippen molar-refractivity contribution < 1.29 is 29.0 Å². The van der Waals surface area contributed by atoms with Crippen LogP contribution < -0.4 is 0 Å². The summed E-state index contributed by atoms with van der Waals surface area (Å²) in [5.74, 6) is -1.45. The minimum atomic E-state index is -0.940. The molecule has 1 N–H and O–H groups in total. The number of methoxy groups -OCH3 is 1. The highest BCUT2D eigenvalue weighted by Gasteiger charge is 2.08. The standard InChI is InChI=1S/C11H12O3.C10H10O3/c1-14-11(13)8-7-10(12)9-5-3-2-4-6-9;11-9(6-7-10(12)13)8-4-2-1-3-5-8/h2-6H,7-8H2,1H3;1-5H,6-7H2,(H,12,13). The molecular formula is C21H22O6. The number of ketones is 2. The van der Waals surface area contributed by atoms with Gasteiger partial charge in [-0.3, -0.25) is 19.2 Å². The van der Waals surface area contributed by atoms with E-state index in [0.717, 1.165) is 0 Å². The third-order valence-corrected chi connectivity index (χ3v) is 3.54. The molecule has 0 saturated carbocycles. The number of hydrogen-bond donors (Lipinski definition) is 1. The van der Waals surface area contributed by atoms with Crippen LogP contribution in [-0.2, 0) is 14.3 Å². The summed E-state index contributed by atoms with van der Waals surface area (Å²) in [5.41, 5.74) is 1.21. The van der Waals surface area contributed by atoms with Crippen molar-refractivity contribution in [1.82, 2.24) is 0 Å². The van der Waals surface area contributed by atoms with Gasteiger partial charge in [-0.05, 0) is 0 Å². The van der Waals surface area contributed by atoms with Crippen LogP contribution in [0.3, 0.4) is 0 Å². The first kappa shape index (κ1) is 21.8. The van der Waals surface area contributed by atoms with Crippen LogP contribution in [0.4, 0.5) is 0 Å². The predicted octanol–water partition coefficient (Wildman–Crippen LogP) is 3.56. The number of carboxylic acids is 1. The largest absolute Gasteiger partial charge is 0.481 e. The van der Waals surface area contributed by atoms with E-state index in [0.29, 0.717) is 11.1 Å². The van der Waals surface area contributed by atoms with Crippen LogP contribution in [0.15, 0.2) is 60.7 Å². The third-order valence-electron chi connectivity index (χ3n) is 3.54. The first-order valence-electron chi connectivity index (χ1n) is 8.39. The molecule has 0 spiro atoms. The van der Waals surface area contributed by atoms with Gasteiger partial charge in [0.15, 0.2) is 11.6 Å². The average molecular weight is 370 g/mol. The normalized spacial score (nSPS) is 9.52. The first-order chi connectivity index (χ1) is 12.9. The molecule has 0 aromatic heterocycles. The minimum Gasteiger partial charge on any atom is -0.481 e. The second-order valence-corrected chi connectivity index (χ2v) is 5.55. The number of ether oxygens (including phenoxy) is 1. The SMILES string of the molecule is COC(=O)CCC(=O)c1ccccc1.O=C(O)CCC(=O)c1ccccc1. The topological polar surface area (TPSA) is 97.7 Å². The van der Waals surface area contributed by atoms with E-state index in [1.54, 1.807) is 48.5 Å². The van der Waals surface area contributed by atoms with Crippen LogP contribution >= 0.6 is 0 Å². The lowest BCUT2D eigenvalue weighted by atomic mass is 10.1. The van der Waals surface area contributed by atoms with Crippen molar-refractivity contribution in [2.75, 3.05) is 7.11 Å². The Balaban J connectivity index is 0.000000271. The van der Waals surface area contributed by atoms with Gasteiger partial charge in [-0.2, -0.15) is 0 Å². The van der Waals surface area contributed by atoms with Crippen molar-refractivity contribution >= 4 is 23.5 Å². The molecule has 0 aliphatic rings. The molecule has 0 radical (unpaired) electrons. The van der Waals surface area contributed by atoms with Crippen LogP contribution in [0, 0.1) is 0 Å². The van der Waals surface area contributed by atoms with E-state index in [9.17, 15) is 19.2 Å². The maximum Gasteiger partial charge on any atom is 0.305 e. The molecule has 0 amide bonds. The number of carboxylic acid groups (broad SMARTS) is 1. The van der Waals surface area contributed by atoms with Gasteiger partial charge in [0.05, 0.1) is 20.0 Å². The zero-order chi connectivity index (χ0) is 20.1. The Hall–Kier alpha value is -3.28. The fourth-order valence-corrected chi connectivity index (χ4v) is 2.07. The Morgan fingerprint density at radius 2 is 1.11 bits per heavy atom. The predicted molar refractivity (Wildman–Crippen MR) is 99.7 cm³/mol. The van der Waals surface area contributed by atoms with Crippen LogP contribution in [0.5, 0.6) is 0 Å². The summed E-state index contributed by atoms with van der Waals surface area (Å²) >= 11 is 0. The molecule has 2 aromatic rings. The van der Waals surface area contributed by atoms with Crippen molar-refractivity contribution in [3.05, 3.63) is 71.8 Å². The second-order valence-electron chi connectivity index (χ2n) is 5.55. The Morgan fingerprint density at radius 3 is 1.48 bits per heavy atom. The Kier molecular flexibility index (Phi) is 9.78. The van der Waals surface area contributed by atoms with Crippen molar-refractivity contribution in [3.63, 3.8) is 0 Å². The van der Waals surface area contributed by atoms with Crippen LogP contribution in [0.1, 0.15) is 46.4 Å². The number of rotatable bonds is 8. The Bertz CT molecular complexity index is 753. The number of carbonyl (C=O) groups excluding carboxylic acids is 3. The van der Waals surface area contributed by atoms with E-state index in [4.69, 9.17) is 5.11 Å². The number of Topliss-reactive ketones (excluding diaryl/α,β-unsaturated/α-hetero) is 2. The van der Waals surface area contributed by atoms with Crippen molar-refractivity contribution in [2.24, 2.45) is 0 Å². The van der Waals surface area contributed by atoms with E-state index in [2.05, 4.69) is 4.74 Å². The van der Waals surface area contributed by atoms with Gasteiger partial charge in [0.25, 0.3) is 0 Å². The third kappa shape index (κ3) is 9.11. The quantitative estimate of drug-likeness (QED) is 0.564. The van der Waals surface area contributed by atoms with Gasteiger partial charge >= 0.3 is 11.9 Å². The van der Waals surface area contributed by atoms with E-state index < -0.39 is 5.97 Å². The molecular weight excluding hydrogens is 348 g/mol. The molecule has 2 rings (SSSR count). The molecule has 142 valence electrons. The molecule has 6 nitrogen and oxygen atoms in total. The highest BCUT2D eigenvalue weighted by Crippen LogP contribution is 2.05. The lowest BCUT2D eigenvalue weighted by Gasteiger charge is -1.99. The summed E-state index contributed by atoms with van der Waals surface area (Å²) < 4.78 is 4.45. The molecule has 2 aromatic carbocycles. The highest BCUT2D eigenvalue weighted by molar-refractivity contribution is 5.97.